The molecule has 0 saturated carbocycles. The fourth-order valence-corrected chi connectivity index (χ4v) is 2.34. The van der Waals surface area contributed by atoms with E-state index in [0.29, 0.717) is 16.4 Å². The fourth-order valence-electron chi connectivity index (χ4n) is 1.82. The molecular formula is C14H14BrClN2O. The molecule has 1 aromatic heterocycles. The maximum absolute atomic E-state index is 12.3. The summed E-state index contributed by atoms with van der Waals surface area (Å²) in [5.74, 6) is -0.168. The molecule has 1 aromatic carbocycles. The van der Waals surface area contributed by atoms with Gasteiger partial charge in [0.25, 0.3) is 5.91 Å². The summed E-state index contributed by atoms with van der Waals surface area (Å²) < 4.78 is 2.78. The zero-order chi connectivity index (χ0) is 14.0. The Labute approximate surface area is 125 Å². The van der Waals surface area contributed by atoms with Crippen molar-refractivity contribution in [2.75, 3.05) is 5.32 Å². The molecule has 19 heavy (non-hydrogen) atoms. The van der Waals surface area contributed by atoms with Crippen molar-refractivity contribution in [3.8, 4) is 0 Å². The molecule has 0 unspecified atom stereocenters. The molecule has 0 atom stereocenters. The SMILES string of the molecule is CC(C)n1cccc1C(=O)Nc1cc(Br)ccc1Cl. The van der Waals surface area contributed by atoms with Crippen molar-refractivity contribution in [2.45, 2.75) is 19.9 Å². The van der Waals surface area contributed by atoms with Crippen LogP contribution in [0.25, 0.3) is 0 Å². The molecule has 0 radical (unpaired) electrons. The molecule has 1 N–H and O–H groups in total. The van der Waals surface area contributed by atoms with E-state index < -0.39 is 0 Å². The number of rotatable bonds is 3. The quantitative estimate of drug-likeness (QED) is 0.860. The lowest BCUT2D eigenvalue weighted by Crippen LogP contribution is -2.18. The first-order valence-corrected chi connectivity index (χ1v) is 7.09. The first kappa shape index (κ1) is 14.2. The summed E-state index contributed by atoms with van der Waals surface area (Å²) in [5, 5.41) is 3.34. The minimum Gasteiger partial charge on any atom is -0.341 e. The van der Waals surface area contributed by atoms with Crippen LogP contribution >= 0.6 is 27.5 Å². The number of hydrogen-bond donors (Lipinski definition) is 1. The van der Waals surface area contributed by atoms with E-state index in [1.165, 1.54) is 0 Å². The van der Waals surface area contributed by atoms with E-state index in [4.69, 9.17) is 11.6 Å². The highest BCUT2D eigenvalue weighted by atomic mass is 79.9. The number of benzene rings is 1. The van der Waals surface area contributed by atoms with Crippen LogP contribution in [0, 0.1) is 0 Å². The normalized spacial score (nSPS) is 10.8. The number of aromatic nitrogens is 1. The zero-order valence-electron chi connectivity index (χ0n) is 10.7. The summed E-state index contributed by atoms with van der Waals surface area (Å²) in [7, 11) is 0. The van der Waals surface area contributed by atoms with Gasteiger partial charge in [-0.15, -0.1) is 0 Å². The molecule has 0 aliphatic heterocycles. The number of anilines is 1. The van der Waals surface area contributed by atoms with Gasteiger partial charge in [0.05, 0.1) is 10.7 Å². The predicted molar refractivity (Wildman–Crippen MR) is 81.9 cm³/mol. The van der Waals surface area contributed by atoms with Gasteiger partial charge in [0.1, 0.15) is 5.69 Å². The Balaban J connectivity index is 2.26. The maximum Gasteiger partial charge on any atom is 0.272 e. The average Bonchev–Trinajstić information content (AvgIpc) is 2.83. The largest absolute Gasteiger partial charge is 0.341 e. The Kier molecular flexibility index (Phi) is 4.32. The molecule has 0 saturated heterocycles. The van der Waals surface area contributed by atoms with Gasteiger partial charge in [0.15, 0.2) is 0 Å². The molecular weight excluding hydrogens is 328 g/mol. The van der Waals surface area contributed by atoms with Crippen molar-refractivity contribution in [2.24, 2.45) is 0 Å². The Bertz CT molecular complexity index is 607. The number of hydrogen-bond acceptors (Lipinski definition) is 1. The third-order valence-electron chi connectivity index (χ3n) is 2.74. The van der Waals surface area contributed by atoms with E-state index in [2.05, 4.69) is 21.2 Å². The topological polar surface area (TPSA) is 34.0 Å². The third kappa shape index (κ3) is 3.19. The van der Waals surface area contributed by atoms with Crippen LogP contribution in [0.2, 0.25) is 5.02 Å². The molecule has 1 heterocycles. The molecule has 2 rings (SSSR count). The Morgan fingerprint density at radius 1 is 1.37 bits per heavy atom. The summed E-state index contributed by atoms with van der Waals surface area (Å²) in [5.41, 5.74) is 1.21. The molecule has 1 amide bonds. The summed E-state index contributed by atoms with van der Waals surface area (Å²) in [6, 6.07) is 9.23. The van der Waals surface area contributed by atoms with E-state index in [-0.39, 0.29) is 11.9 Å². The number of nitrogens with one attached hydrogen (secondary N) is 1. The highest BCUT2D eigenvalue weighted by Gasteiger charge is 2.14. The second kappa shape index (κ2) is 5.80. The lowest BCUT2D eigenvalue weighted by molar-refractivity contribution is 0.101. The maximum atomic E-state index is 12.3. The number of carbonyl (C=O) groups is 1. The molecule has 0 fully saturated rings. The van der Waals surface area contributed by atoms with Gasteiger partial charge in [0, 0.05) is 16.7 Å². The molecule has 100 valence electrons. The summed E-state index contributed by atoms with van der Waals surface area (Å²) in [6.07, 6.45) is 1.89. The van der Waals surface area contributed by atoms with Crippen molar-refractivity contribution in [1.29, 1.82) is 0 Å². The predicted octanol–water partition coefficient (Wildman–Crippen LogP) is 4.74. The molecule has 0 spiro atoms. The molecule has 2 aromatic rings. The van der Waals surface area contributed by atoms with E-state index >= 15 is 0 Å². The minimum absolute atomic E-state index is 0.168. The van der Waals surface area contributed by atoms with Crippen LogP contribution in [0.5, 0.6) is 0 Å². The van der Waals surface area contributed by atoms with E-state index in [1.54, 1.807) is 18.2 Å². The summed E-state index contributed by atoms with van der Waals surface area (Å²) in [6.45, 7) is 4.06. The Morgan fingerprint density at radius 2 is 2.11 bits per heavy atom. The van der Waals surface area contributed by atoms with E-state index in [0.717, 1.165) is 4.47 Å². The van der Waals surface area contributed by atoms with Crippen LogP contribution in [0.1, 0.15) is 30.4 Å². The number of halogens is 2. The van der Waals surface area contributed by atoms with Gasteiger partial charge in [-0.1, -0.05) is 27.5 Å². The van der Waals surface area contributed by atoms with Gasteiger partial charge >= 0.3 is 0 Å². The first-order valence-electron chi connectivity index (χ1n) is 5.92. The lowest BCUT2D eigenvalue weighted by atomic mass is 10.3. The van der Waals surface area contributed by atoms with E-state index in [9.17, 15) is 4.79 Å². The van der Waals surface area contributed by atoms with Gasteiger partial charge in [-0.2, -0.15) is 0 Å². The molecule has 5 heteroatoms. The van der Waals surface area contributed by atoms with E-state index in [1.807, 2.05) is 36.7 Å². The van der Waals surface area contributed by atoms with Crippen LogP contribution in [-0.4, -0.2) is 10.5 Å². The zero-order valence-corrected chi connectivity index (χ0v) is 13.0. The number of amides is 1. The van der Waals surface area contributed by atoms with Crippen molar-refractivity contribution < 1.29 is 4.79 Å². The van der Waals surface area contributed by atoms with Crippen LogP contribution in [0.15, 0.2) is 41.0 Å². The van der Waals surface area contributed by atoms with Crippen molar-refractivity contribution >= 4 is 39.1 Å². The van der Waals surface area contributed by atoms with Crippen LogP contribution in [0.4, 0.5) is 5.69 Å². The second-order valence-electron chi connectivity index (χ2n) is 4.47. The Hall–Kier alpha value is -1.26. The molecule has 0 aliphatic carbocycles. The third-order valence-corrected chi connectivity index (χ3v) is 3.57. The van der Waals surface area contributed by atoms with Gasteiger partial charge in [-0.25, -0.2) is 0 Å². The summed E-state index contributed by atoms with van der Waals surface area (Å²) in [4.78, 5) is 12.3. The monoisotopic (exact) mass is 340 g/mol. The fraction of sp³-hybridized carbons (Fsp3) is 0.214. The summed E-state index contributed by atoms with van der Waals surface area (Å²) >= 11 is 9.42. The van der Waals surface area contributed by atoms with Gasteiger partial charge in [0.2, 0.25) is 0 Å². The average molecular weight is 342 g/mol. The smallest absolute Gasteiger partial charge is 0.272 e. The van der Waals surface area contributed by atoms with Crippen molar-refractivity contribution in [3.63, 3.8) is 0 Å². The molecule has 0 aliphatic rings. The van der Waals surface area contributed by atoms with Gasteiger partial charge in [-0.05, 0) is 44.2 Å². The minimum atomic E-state index is -0.168. The first-order chi connectivity index (χ1) is 8.99. The van der Waals surface area contributed by atoms with Crippen molar-refractivity contribution in [1.82, 2.24) is 4.57 Å². The van der Waals surface area contributed by atoms with Crippen LogP contribution in [-0.2, 0) is 0 Å². The van der Waals surface area contributed by atoms with Crippen LogP contribution < -0.4 is 5.32 Å². The van der Waals surface area contributed by atoms with Gasteiger partial charge < -0.3 is 9.88 Å². The van der Waals surface area contributed by atoms with Crippen LogP contribution in [0.3, 0.4) is 0 Å². The lowest BCUT2D eigenvalue weighted by Gasteiger charge is -2.13. The molecule has 0 bridgehead atoms. The highest BCUT2D eigenvalue weighted by molar-refractivity contribution is 9.10. The highest BCUT2D eigenvalue weighted by Crippen LogP contribution is 2.26. The Morgan fingerprint density at radius 3 is 2.79 bits per heavy atom. The molecule has 3 nitrogen and oxygen atoms in total. The van der Waals surface area contributed by atoms with Gasteiger partial charge in [-0.3, -0.25) is 4.79 Å². The second-order valence-corrected chi connectivity index (χ2v) is 5.80. The number of nitrogens with zero attached hydrogens (tertiary/aromatic N) is 1. The number of carbonyl (C=O) groups excluding carboxylic acids is 1. The standard InChI is InChI=1S/C14H14BrClN2O/c1-9(2)18-7-3-4-13(18)14(19)17-12-8-10(15)5-6-11(12)16/h3-9H,1-2H3,(H,17,19). The van der Waals surface area contributed by atoms with Crippen molar-refractivity contribution in [3.05, 3.63) is 51.7 Å².